The molecule has 0 heterocycles. The number of rotatable bonds is 7. The molecule has 1 aliphatic carbocycles. The number of ether oxygens (including phenoxy) is 1. The lowest BCUT2D eigenvalue weighted by molar-refractivity contribution is 0.144. The van der Waals surface area contributed by atoms with E-state index in [1.54, 1.807) is 12.0 Å². The average Bonchev–Trinajstić information content (AvgIpc) is 3.42. The van der Waals surface area contributed by atoms with Crippen LogP contribution >= 0.6 is 0 Å². The van der Waals surface area contributed by atoms with Crippen LogP contribution in [0.3, 0.4) is 0 Å². The number of nitrogens with one attached hydrogen (secondary N) is 1. The monoisotopic (exact) mass is 374 g/mol. The molecule has 0 aliphatic heterocycles. The van der Waals surface area contributed by atoms with Crippen molar-refractivity contribution < 1.29 is 18.3 Å². The van der Waals surface area contributed by atoms with Crippen molar-refractivity contribution in [1.29, 1.82) is 0 Å². The Balaban J connectivity index is 1.78. The number of urea groups is 1. The van der Waals surface area contributed by atoms with Gasteiger partial charge in [0.05, 0.1) is 12.1 Å². The van der Waals surface area contributed by atoms with Crippen LogP contribution in [-0.2, 0) is 16.8 Å². The van der Waals surface area contributed by atoms with Gasteiger partial charge >= 0.3 is 6.03 Å². The molecule has 0 spiro atoms. The Labute approximate surface area is 158 Å². The molecule has 2 aromatic carbocycles. The third kappa shape index (κ3) is 4.45. The second-order valence-electron chi connectivity index (χ2n) is 6.98. The molecule has 2 aromatic rings. The van der Waals surface area contributed by atoms with Gasteiger partial charge in [0.25, 0.3) is 0 Å². The van der Waals surface area contributed by atoms with Crippen LogP contribution in [0, 0.1) is 18.6 Å². The lowest BCUT2D eigenvalue weighted by atomic mass is 10.0. The normalized spacial score (nSPS) is 14.7. The largest absolute Gasteiger partial charge is 0.383 e. The SMILES string of the molecule is COCCN(Cc1ccccc1C)C(=O)NC1(c2cc(F)ccc2F)CC1. The van der Waals surface area contributed by atoms with Crippen molar-refractivity contribution in [2.45, 2.75) is 31.8 Å². The molecule has 4 nitrogen and oxygen atoms in total. The van der Waals surface area contributed by atoms with Gasteiger partial charge < -0.3 is 15.0 Å². The van der Waals surface area contributed by atoms with E-state index in [1.807, 2.05) is 31.2 Å². The van der Waals surface area contributed by atoms with Gasteiger partial charge in [-0.25, -0.2) is 13.6 Å². The first-order valence-corrected chi connectivity index (χ1v) is 9.01. The molecule has 1 saturated carbocycles. The van der Waals surface area contributed by atoms with Crippen molar-refractivity contribution in [2.75, 3.05) is 20.3 Å². The molecular weight excluding hydrogens is 350 g/mol. The summed E-state index contributed by atoms with van der Waals surface area (Å²) in [6.45, 7) is 3.20. The zero-order valence-corrected chi connectivity index (χ0v) is 15.6. The van der Waals surface area contributed by atoms with Crippen LogP contribution in [0.1, 0.15) is 29.5 Å². The van der Waals surface area contributed by atoms with Crippen LogP contribution in [0.25, 0.3) is 0 Å². The third-order valence-corrected chi connectivity index (χ3v) is 5.02. The summed E-state index contributed by atoms with van der Waals surface area (Å²) in [5.74, 6) is -1.01. The quantitative estimate of drug-likeness (QED) is 0.792. The molecular formula is C21H24F2N2O2. The number of hydrogen-bond acceptors (Lipinski definition) is 2. The fourth-order valence-corrected chi connectivity index (χ4v) is 3.18. The standard InChI is InChI=1S/C21H24F2N2O2/c1-15-5-3-4-6-16(15)14-25(11-12-27-2)20(26)24-21(9-10-21)18-13-17(22)7-8-19(18)23/h3-8,13H,9-12,14H2,1-2H3,(H,24,26). The first kappa shape index (κ1) is 19.3. The summed E-state index contributed by atoms with van der Waals surface area (Å²) in [6.07, 6.45) is 1.17. The van der Waals surface area contributed by atoms with E-state index in [1.165, 1.54) is 6.07 Å². The minimum absolute atomic E-state index is 0.207. The Morgan fingerprint density at radius 3 is 2.63 bits per heavy atom. The van der Waals surface area contributed by atoms with Crippen LogP contribution in [0.2, 0.25) is 0 Å². The van der Waals surface area contributed by atoms with E-state index in [2.05, 4.69) is 5.32 Å². The van der Waals surface area contributed by atoms with Gasteiger partial charge in [0.1, 0.15) is 11.6 Å². The van der Waals surface area contributed by atoms with Crippen LogP contribution in [0.5, 0.6) is 0 Å². The molecule has 3 rings (SSSR count). The van der Waals surface area contributed by atoms with Gasteiger partial charge in [-0.2, -0.15) is 0 Å². The maximum atomic E-state index is 14.2. The van der Waals surface area contributed by atoms with Gasteiger partial charge in [0.15, 0.2) is 0 Å². The molecule has 0 aromatic heterocycles. The number of benzene rings is 2. The fraction of sp³-hybridized carbons (Fsp3) is 0.381. The Morgan fingerprint density at radius 2 is 1.96 bits per heavy atom. The minimum Gasteiger partial charge on any atom is -0.383 e. The van der Waals surface area contributed by atoms with Crippen LogP contribution in [-0.4, -0.2) is 31.2 Å². The number of nitrogens with zero attached hydrogens (tertiary/aromatic N) is 1. The Kier molecular flexibility index (Phi) is 5.75. The van der Waals surface area contributed by atoms with E-state index in [0.29, 0.717) is 32.5 Å². The molecule has 0 unspecified atom stereocenters. The second-order valence-corrected chi connectivity index (χ2v) is 6.98. The van der Waals surface area contributed by atoms with E-state index in [-0.39, 0.29) is 11.6 Å². The number of hydrogen-bond donors (Lipinski definition) is 1. The number of aryl methyl sites for hydroxylation is 1. The van der Waals surface area contributed by atoms with Crippen molar-refractivity contribution in [3.05, 3.63) is 70.8 Å². The molecule has 1 fully saturated rings. The van der Waals surface area contributed by atoms with Crippen molar-refractivity contribution in [3.63, 3.8) is 0 Å². The molecule has 0 bridgehead atoms. The van der Waals surface area contributed by atoms with Crippen LogP contribution < -0.4 is 5.32 Å². The number of carbonyl (C=O) groups excluding carboxylic acids is 1. The Hall–Kier alpha value is -2.47. The van der Waals surface area contributed by atoms with Gasteiger partial charge in [-0.05, 0) is 49.1 Å². The number of amides is 2. The summed E-state index contributed by atoms with van der Waals surface area (Å²) in [4.78, 5) is 14.6. The molecule has 144 valence electrons. The maximum absolute atomic E-state index is 14.2. The summed E-state index contributed by atoms with van der Waals surface area (Å²) in [5, 5.41) is 2.93. The molecule has 6 heteroatoms. The predicted molar refractivity (Wildman–Crippen MR) is 99.3 cm³/mol. The lowest BCUT2D eigenvalue weighted by Gasteiger charge is -2.27. The topological polar surface area (TPSA) is 41.6 Å². The highest BCUT2D eigenvalue weighted by molar-refractivity contribution is 5.76. The highest BCUT2D eigenvalue weighted by atomic mass is 19.1. The molecule has 27 heavy (non-hydrogen) atoms. The number of halogens is 2. The molecule has 2 amide bonds. The lowest BCUT2D eigenvalue weighted by Crippen LogP contribution is -2.46. The minimum atomic E-state index is -0.833. The van der Waals surface area contributed by atoms with E-state index >= 15 is 0 Å². The van der Waals surface area contributed by atoms with E-state index in [4.69, 9.17) is 4.74 Å². The van der Waals surface area contributed by atoms with E-state index in [0.717, 1.165) is 23.3 Å². The Morgan fingerprint density at radius 1 is 1.22 bits per heavy atom. The summed E-state index contributed by atoms with van der Waals surface area (Å²) in [5.41, 5.74) is 1.49. The molecule has 1 N–H and O–H groups in total. The van der Waals surface area contributed by atoms with Crippen molar-refractivity contribution in [1.82, 2.24) is 10.2 Å². The number of carbonyl (C=O) groups is 1. The smallest absolute Gasteiger partial charge is 0.318 e. The van der Waals surface area contributed by atoms with Gasteiger partial charge in [-0.1, -0.05) is 24.3 Å². The van der Waals surface area contributed by atoms with Crippen molar-refractivity contribution in [2.24, 2.45) is 0 Å². The average molecular weight is 374 g/mol. The molecule has 0 saturated heterocycles. The van der Waals surface area contributed by atoms with Gasteiger partial charge in [0.2, 0.25) is 0 Å². The van der Waals surface area contributed by atoms with Gasteiger partial charge in [-0.15, -0.1) is 0 Å². The van der Waals surface area contributed by atoms with Crippen LogP contribution in [0.4, 0.5) is 13.6 Å². The van der Waals surface area contributed by atoms with E-state index < -0.39 is 17.2 Å². The van der Waals surface area contributed by atoms with Gasteiger partial charge in [-0.3, -0.25) is 0 Å². The summed E-state index contributed by atoms with van der Waals surface area (Å²) in [6, 6.07) is 10.9. The molecule has 1 aliphatic rings. The van der Waals surface area contributed by atoms with Gasteiger partial charge in [0, 0.05) is 25.8 Å². The third-order valence-electron chi connectivity index (χ3n) is 5.02. The van der Waals surface area contributed by atoms with E-state index in [9.17, 15) is 13.6 Å². The van der Waals surface area contributed by atoms with Crippen molar-refractivity contribution in [3.8, 4) is 0 Å². The van der Waals surface area contributed by atoms with Crippen molar-refractivity contribution >= 4 is 6.03 Å². The number of methoxy groups -OCH3 is 1. The summed E-state index contributed by atoms with van der Waals surface area (Å²) >= 11 is 0. The zero-order chi connectivity index (χ0) is 19.4. The second kappa shape index (κ2) is 8.05. The predicted octanol–water partition coefficient (Wildman–Crippen LogP) is 4.12. The highest BCUT2D eigenvalue weighted by Crippen LogP contribution is 2.46. The summed E-state index contributed by atoms with van der Waals surface area (Å²) < 4.78 is 32.9. The fourth-order valence-electron chi connectivity index (χ4n) is 3.18. The first-order chi connectivity index (χ1) is 12.9. The maximum Gasteiger partial charge on any atom is 0.318 e. The van der Waals surface area contributed by atoms with Crippen LogP contribution in [0.15, 0.2) is 42.5 Å². The molecule has 0 atom stereocenters. The molecule has 0 radical (unpaired) electrons. The zero-order valence-electron chi connectivity index (χ0n) is 15.6. The first-order valence-electron chi connectivity index (χ1n) is 9.01. The Bertz CT molecular complexity index is 822. The highest BCUT2D eigenvalue weighted by Gasteiger charge is 2.48. The summed E-state index contributed by atoms with van der Waals surface area (Å²) in [7, 11) is 1.58.